The Hall–Kier alpha value is -0.900. The summed E-state index contributed by atoms with van der Waals surface area (Å²) in [6.07, 6.45) is 1.93. The molecule has 0 heterocycles. The minimum absolute atomic E-state index is 0.109. The third-order valence-corrected chi connectivity index (χ3v) is 4.29. The van der Waals surface area contributed by atoms with Crippen molar-refractivity contribution in [3.8, 4) is 0 Å². The van der Waals surface area contributed by atoms with E-state index in [0.29, 0.717) is 17.8 Å². The first kappa shape index (κ1) is 10.3. The third kappa shape index (κ3) is 1.75. The zero-order valence-electron chi connectivity index (χ0n) is 8.67. The van der Waals surface area contributed by atoms with Gasteiger partial charge in [0.15, 0.2) is 0 Å². The average molecular weight is 282 g/mol. The topological polar surface area (TPSA) is 43.1 Å². The van der Waals surface area contributed by atoms with Gasteiger partial charge in [-0.15, -0.1) is 0 Å². The molecular formula is C12H12BrNO2. The molecule has 2 fully saturated rings. The zero-order valence-corrected chi connectivity index (χ0v) is 10.3. The van der Waals surface area contributed by atoms with E-state index in [1.54, 1.807) is 0 Å². The molecule has 1 aromatic rings. The smallest absolute Gasteiger partial charge is 0.217 e. The summed E-state index contributed by atoms with van der Waals surface area (Å²) in [6, 6.07) is 8.09. The second-order valence-electron chi connectivity index (χ2n) is 4.81. The van der Waals surface area contributed by atoms with E-state index in [9.17, 15) is 10.1 Å². The maximum Gasteiger partial charge on any atom is 0.217 e. The summed E-state index contributed by atoms with van der Waals surface area (Å²) in [6.45, 7) is 0. The molecule has 16 heavy (non-hydrogen) atoms. The molecule has 2 saturated carbocycles. The van der Waals surface area contributed by atoms with Gasteiger partial charge < -0.3 is 0 Å². The molecule has 84 valence electrons. The summed E-state index contributed by atoms with van der Waals surface area (Å²) in [5.74, 6) is 1.49. The minimum atomic E-state index is -0.245. The fourth-order valence-corrected chi connectivity index (χ4v) is 2.95. The highest BCUT2D eigenvalue weighted by molar-refractivity contribution is 9.10. The van der Waals surface area contributed by atoms with Crippen LogP contribution in [-0.2, 0) is 0 Å². The summed E-state index contributed by atoms with van der Waals surface area (Å²) < 4.78 is 1.09. The molecule has 0 bridgehead atoms. The van der Waals surface area contributed by atoms with E-state index in [2.05, 4.69) is 28.1 Å². The Morgan fingerprint density at radius 3 is 2.44 bits per heavy atom. The first-order valence-corrected chi connectivity index (χ1v) is 6.35. The number of benzene rings is 1. The quantitative estimate of drug-likeness (QED) is 0.631. The first-order chi connectivity index (χ1) is 7.66. The molecule has 3 rings (SSSR count). The van der Waals surface area contributed by atoms with Gasteiger partial charge in [-0.25, -0.2) is 0 Å². The number of hydrogen-bond donors (Lipinski definition) is 0. The van der Waals surface area contributed by atoms with Crippen molar-refractivity contribution in [2.45, 2.75) is 24.8 Å². The van der Waals surface area contributed by atoms with Gasteiger partial charge in [-0.1, -0.05) is 28.1 Å². The molecule has 1 aromatic carbocycles. The number of nitro groups is 1. The SMILES string of the molecule is O=[N+]([O-])C1CC1C1CC1c1ccc(Br)cc1. The standard InChI is InChI=1S/C12H12BrNO2/c13-8-3-1-7(2-4-8)9-5-10(9)11-6-12(11)14(15)16/h1-4,9-12H,5-6H2. The summed E-state index contributed by atoms with van der Waals surface area (Å²) >= 11 is 3.41. The molecule has 0 saturated heterocycles. The predicted molar refractivity (Wildman–Crippen MR) is 63.9 cm³/mol. The number of rotatable bonds is 3. The maximum absolute atomic E-state index is 10.6. The highest BCUT2D eigenvalue weighted by Crippen LogP contribution is 2.59. The maximum atomic E-state index is 10.6. The van der Waals surface area contributed by atoms with Gasteiger partial charge in [0, 0.05) is 21.7 Å². The minimum Gasteiger partial charge on any atom is -0.264 e. The Kier molecular flexibility index (Phi) is 2.28. The van der Waals surface area contributed by atoms with Crippen LogP contribution < -0.4 is 0 Å². The van der Waals surface area contributed by atoms with Crippen molar-refractivity contribution in [2.75, 3.05) is 0 Å². The second-order valence-corrected chi connectivity index (χ2v) is 5.73. The van der Waals surface area contributed by atoms with Crippen LogP contribution in [0.15, 0.2) is 28.7 Å². The van der Waals surface area contributed by atoms with Crippen LogP contribution in [0, 0.1) is 22.0 Å². The first-order valence-electron chi connectivity index (χ1n) is 5.56. The van der Waals surface area contributed by atoms with E-state index >= 15 is 0 Å². The number of hydrogen-bond acceptors (Lipinski definition) is 2. The lowest BCUT2D eigenvalue weighted by molar-refractivity contribution is -0.498. The van der Waals surface area contributed by atoms with Crippen LogP contribution in [0.1, 0.15) is 24.3 Å². The van der Waals surface area contributed by atoms with Crippen molar-refractivity contribution in [1.82, 2.24) is 0 Å². The fraction of sp³-hybridized carbons (Fsp3) is 0.500. The van der Waals surface area contributed by atoms with E-state index in [-0.39, 0.29) is 11.0 Å². The van der Waals surface area contributed by atoms with Crippen LogP contribution >= 0.6 is 15.9 Å². The van der Waals surface area contributed by atoms with Crippen LogP contribution in [0.4, 0.5) is 0 Å². The van der Waals surface area contributed by atoms with Crippen LogP contribution in [0.2, 0.25) is 0 Å². The molecule has 0 aromatic heterocycles. The monoisotopic (exact) mass is 281 g/mol. The van der Waals surface area contributed by atoms with Gasteiger partial charge in [0.2, 0.25) is 6.04 Å². The predicted octanol–water partition coefficient (Wildman–Crippen LogP) is 3.22. The van der Waals surface area contributed by atoms with E-state index in [0.717, 1.165) is 17.3 Å². The van der Waals surface area contributed by atoms with E-state index in [4.69, 9.17) is 0 Å². The van der Waals surface area contributed by atoms with Crippen molar-refractivity contribution in [2.24, 2.45) is 11.8 Å². The van der Waals surface area contributed by atoms with Gasteiger partial charge in [-0.2, -0.15) is 0 Å². The lowest BCUT2D eigenvalue weighted by Crippen LogP contribution is -2.04. The van der Waals surface area contributed by atoms with Crippen LogP contribution in [0.25, 0.3) is 0 Å². The van der Waals surface area contributed by atoms with Crippen molar-refractivity contribution < 1.29 is 4.92 Å². The van der Waals surface area contributed by atoms with Crippen LogP contribution in [-0.4, -0.2) is 11.0 Å². The summed E-state index contributed by atoms with van der Waals surface area (Å²) in [5, 5.41) is 10.6. The van der Waals surface area contributed by atoms with E-state index in [1.807, 2.05) is 12.1 Å². The molecule has 0 radical (unpaired) electrons. The fourth-order valence-electron chi connectivity index (χ4n) is 2.68. The van der Waals surface area contributed by atoms with Gasteiger partial charge in [0.25, 0.3) is 0 Å². The molecule has 4 atom stereocenters. The number of halogens is 1. The highest BCUT2D eigenvalue weighted by atomic mass is 79.9. The van der Waals surface area contributed by atoms with Gasteiger partial charge in [0.1, 0.15) is 0 Å². The van der Waals surface area contributed by atoms with Crippen LogP contribution in [0.3, 0.4) is 0 Å². The highest BCUT2D eigenvalue weighted by Gasteiger charge is 2.60. The Morgan fingerprint density at radius 1 is 1.19 bits per heavy atom. The van der Waals surface area contributed by atoms with Gasteiger partial charge >= 0.3 is 0 Å². The molecule has 4 heteroatoms. The molecule has 2 aliphatic carbocycles. The van der Waals surface area contributed by atoms with E-state index < -0.39 is 0 Å². The molecule has 3 nitrogen and oxygen atoms in total. The summed E-state index contributed by atoms with van der Waals surface area (Å²) in [4.78, 5) is 10.5. The Labute approximate surface area is 102 Å². The Balaban J connectivity index is 1.64. The Morgan fingerprint density at radius 2 is 1.88 bits per heavy atom. The van der Waals surface area contributed by atoms with Crippen molar-refractivity contribution in [1.29, 1.82) is 0 Å². The van der Waals surface area contributed by atoms with Crippen molar-refractivity contribution >= 4 is 15.9 Å². The molecular weight excluding hydrogens is 270 g/mol. The molecule has 0 N–H and O–H groups in total. The molecule has 4 unspecified atom stereocenters. The van der Waals surface area contributed by atoms with Crippen molar-refractivity contribution in [3.63, 3.8) is 0 Å². The molecule has 0 aliphatic heterocycles. The molecule has 0 amide bonds. The molecule has 0 spiro atoms. The van der Waals surface area contributed by atoms with Crippen LogP contribution in [0.5, 0.6) is 0 Å². The second kappa shape index (κ2) is 3.55. The van der Waals surface area contributed by atoms with E-state index in [1.165, 1.54) is 5.56 Å². The average Bonchev–Trinajstić information content (AvgIpc) is 3.12. The summed E-state index contributed by atoms with van der Waals surface area (Å²) in [5.41, 5.74) is 1.34. The normalized spacial score (nSPS) is 35.8. The van der Waals surface area contributed by atoms with Gasteiger partial charge in [0.05, 0.1) is 0 Å². The molecule has 2 aliphatic rings. The largest absolute Gasteiger partial charge is 0.264 e. The lowest BCUT2D eigenvalue weighted by Gasteiger charge is -1.99. The van der Waals surface area contributed by atoms with Gasteiger partial charge in [-0.3, -0.25) is 10.1 Å². The third-order valence-electron chi connectivity index (χ3n) is 3.76. The van der Waals surface area contributed by atoms with Crippen molar-refractivity contribution in [3.05, 3.63) is 44.4 Å². The zero-order chi connectivity index (χ0) is 11.3. The Bertz CT molecular complexity index is 431. The summed E-state index contributed by atoms with van der Waals surface area (Å²) in [7, 11) is 0. The number of nitrogens with zero attached hydrogens (tertiary/aromatic N) is 1. The van der Waals surface area contributed by atoms with Gasteiger partial charge in [-0.05, 0) is 36.0 Å². The lowest BCUT2D eigenvalue weighted by atomic mass is 10.1.